The van der Waals surface area contributed by atoms with Crippen molar-refractivity contribution >= 4 is 0 Å². The van der Waals surface area contributed by atoms with E-state index in [-0.39, 0.29) is 6.10 Å². The van der Waals surface area contributed by atoms with E-state index >= 15 is 0 Å². The van der Waals surface area contributed by atoms with Gasteiger partial charge in [0.25, 0.3) is 0 Å². The second-order valence-electron chi connectivity index (χ2n) is 5.53. The van der Waals surface area contributed by atoms with Crippen molar-refractivity contribution in [2.75, 3.05) is 6.79 Å². The Labute approximate surface area is 107 Å². The maximum absolute atomic E-state index is 5.84. The third-order valence-corrected chi connectivity index (χ3v) is 3.51. The van der Waals surface area contributed by atoms with Gasteiger partial charge >= 0.3 is 0 Å². The molecule has 0 aromatic heterocycles. The highest BCUT2D eigenvalue weighted by atomic mass is 16.7. The number of hydrogen-bond acceptors (Lipinski definition) is 2. The monoisotopic (exact) mass is 242 g/mol. The predicted octanol–water partition coefficient (Wildman–Crippen LogP) is 4.67. The Morgan fingerprint density at radius 1 is 0.824 bits per heavy atom. The van der Waals surface area contributed by atoms with E-state index in [0.29, 0.717) is 12.9 Å². The van der Waals surface area contributed by atoms with Gasteiger partial charge in [0.15, 0.2) is 0 Å². The fourth-order valence-corrected chi connectivity index (χ4v) is 2.39. The summed E-state index contributed by atoms with van der Waals surface area (Å²) in [5, 5.41) is 0. The first kappa shape index (κ1) is 15.0. The van der Waals surface area contributed by atoms with Crippen molar-refractivity contribution in [3.05, 3.63) is 0 Å². The molecule has 0 heterocycles. The molecule has 0 bridgehead atoms. The predicted molar refractivity (Wildman–Crippen MR) is 72.1 cm³/mol. The topological polar surface area (TPSA) is 18.5 Å². The van der Waals surface area contributed by atoms with E-state index in [1.54, 1.807) is 0 Å². The molecule has 0 aromatic rings. The lowest BCUT2D eigenvalue weighted by Gasteiger charge is -2.18. The first-order valence-corrected chi connectivity index (χ1v) is 7.52. The van der Waals surface area contributed by atoms with Crippen LogP contribution in [0.25, 0.3) is 0 Å². The van der Waals surface area contributed by atoms with E-state index in [1.807, 2.05) is 0 Å². The Morgan fingerprint density at radius 2 is 1.29 bits per heavy atom. The third kappa shape index (κ3) is 8.62. The van der Waals surface area contributed by atoms with E-state index in [9.17, 15) is 0 Å². The zero-order valence-corrected chi connectivity index (χ0v) is 11.7. The van der Waals surface area contributed by atoms with Crippen LogP contribution in [-0.4, -0.2) is 19.0 Å². The standard InChI is InChI=1S/C15H30O2/c1-14(2)16-13-17-15-11-9-7-5-3-4-6-8-10-12-15/h14-15H,3-13H2,1-2H3. The Balaban J connectivity index is 2.18. The Bertz CT molecular complexity index is 156. The van der Waals surface area contributed by atoms with Crippen molar-refractivity contribution in [2.45, 2.75) is 90.3 Å². The van der Waals surface area contributed by atoms with Crippen LogP contribution >= 0.6 is 0 Å². The molecule has 17 heavy (non-hydrogen) atoms. The van der Waals surface area contributed by atoms with Crippen LogP contribution in [0, 0.1) is 0 Å². The molecule has 0 radical (unpaired) electrons. The largest absolute Gasteiger partial charge is 0.353 e. The molecule has 0 spiro atoms. The summed E-state index contributed by atoms with van der Waals surface area (Å²) >= 11 is 0. The smallest absolute Gasteiger partial charge is 0.147 e. The van der Waals surface area contributed by atoms with Gasteiger partial charge in [-0.2, -0.15) is 0 Å². The van der Waals surface area contributed by atoms with Gasteiger partial charge in [0.05, 0.1) is 12.2 Å². The van der Waals surface area contributed by atoms with Gasteiger partial charge in [-0.15, -0.1) is 0 Å². The molecule has 2 nitrogen and oxygen atoms in total. The summed E-state index contributed by atoms with van der Waals surface area (Å²) < 4.78 is 11.3. The summed E-state index contributed by atoms with van der Waals surface area (Å²) in [6, 6.07) is 0. The lowest BCUT2D eigenvalue weighted by molar-refractivity contribution is -0.113. The van der Waals surface area contributed by atoms with E-state index in [1.165, 1.54) is 64.2 Å². The van der Waals surface area contributed by atoms with Gasteiger partial charge in [0.1, 0.15) is 6.79 Å². The average Bonchev–Trinajstić information content (AvgIpc) is 2.34. The van der Waals surface area contributed by atoms with Crippen LogP contribution in [0.15, 0.2) is 0 Å². The molecule has 0 amide bonds. The van der Waals surface area contributed by atoms with Crippen molar-refractivity contribution in [1.82, 2.24) is 0 Å². The van der Waals surface area contributed by atoms with Gasteiger partial charge in [-0.25, -0.2) is 0 Å². The minimum absolute atomic E-state index is 0.276. The minimum atomic E-state index is 0.276. The van der Waals surface area contributed by atoms with Crippen LogP contribution in [0.4, 0.5) is 0 Å². The summed E-state index contributed by atoms with van der Waals surface area (Å²) in [7, 11) is 0. The molecule has 1 aliphatic rings. The van der Waals surface area contributed by atoms with Crippen molar-refractivity contribution in [3.8, 4) is 0 Å². The summed E-state index contributed by atoms with van der Waals surface area (Å²) in [6.45, 7) is 4.59. The lowest BCUT2D eigenvalue weighted by Crippen LogP contribution is -2.17. The molecule has 1 aliphatic carbocycles. The molecule has 0 saturated heterocycles. The molecule has 1 saturated carbocycles. The van der Waals surface area contributed by atoms with Crippen LogP contribution in [0.1, 0.15) is 78.1 Å². The molecule has 0 atom stereocenters. The quantitative estimate of drug-likeness (QED) is 0.667. The summed E-state index contributed by atoms with van der Waals surface area (Å²) in [5.41, 5.74) is 0. The van der Waals surface area contributed by atoms with Gasteiger partial charge in [-0.1, -0.05) is 51.4 Å². The number of hydrogen-bond donors (Lipinski definition) is 0. The lowest BCUT2D eigenvalue weighted by atomic mass is 10.1. The molecule has 2 heteroatoms. The highest BCUT2D eigenvalue weighted by Crippen LogP contribution is 2.18. The molecule has 0 aromatic carbocycles. The molecular weight excluding hydrogens is 212 g/mol. The first-order valence-electron chi connectivity index (χ1n) is 7.52. The highest BCUT2D eigenvalue weighted by molar-refractivity contribution is 4.61. The number of rotatable bonds is 4. The van der Waals surface area contributed by atoms with Crippen molar-refractivity contribution in [2.24, 2.45) is 0 Å². The normalized spacial score (nSPS) is 21.4. The molecule has 0 N–H and O–H groups in total. The second kappa shape index (κ2) is 9.90. The summed E-state index contributed by atoms with van der Waals surface area (Å²) in [4.78, 5) is 0. The average molecular weight is 242 g/mol. The fourth-order valence-electron chi connectivity index (χ4n) is 2.39. The molecule has 0 unspecified atom stereocenters. The van der Waals surface area contributed by atoms with Crippen LogP contribution in [-0.2, 0) is 9.47 Å². The van der Waals surface area contributed by atoms with Gasteiger partial charge in [-0.05, 0) is 26.7 Å². The molecule has 1 fully saturated rings. The maximum Gasteiger partial charge on any atom is 0.147 e. The molecule has 0 aliphatic heterocycles. The maximum atomic E-state index is 5.84. The van der Waals surface area contributed by atoms with E-state index in [4.69, 9.17) is 9.47 Å². The third-order valence-electron chi connectivity index (χ3n) is 3.51. The zero-order chi connectivity index (χ0) is 12.3. The van der Waals surface area contributed by atoms with Gasteiger partial charge < -0.3 is 9.47 Å². The second-order valence-corrected chi connectivity index (χ2v) is 5.53. The van der Waals surface area contributed by atoms with Crippen molar-refractivity contribution in [3.63, 3.8) is 0 Å². The molecule has 1 rings (SSSR count). The zero-order valence-electron chi connectivity index (χ0n) is 11.7. The van der Waals surface area contributed by atoms with E-state index < -0.39 is 0 Å². The van der Waals surface area contributed by atoms with Crippen LogP contribution in [0.3, 0.4) is 0 Å². The summed E-state index contributed by atoms with van der Waals surface area (Å²) in [6.07, 6.45) is 14.3. The van der Waals surface area contributed by atoms with E-state index in [2.05, 4.69) is 13.8 Å². The fraction of sp³-hybridized carbons (Fsp3) is 1.00. The number of ether oxygens (including phenoxy) is 2. The van der Waals surface area contributed by atoms with Crippen LogP contribution < -0.4 is 0 Å². The van der Waals surface area contributed by atoms with Gasteiger partial charge in [-0.3, -0.25) is 0 Å². The highest BCUT2D eigenvalue weighted by Gasteiger charge is 2.10. The van der Waals surface area contributed by atoms with Crippen LogP contribution in [0.2, 0.25) is 0 Å². The van der Waals surface area contributed by atoms with E-state index in [0.717, 1.165) is 0 Å². The Kier molecular flexibility index (Phi) is 8.72. The Hall–Kier alpha value is -0.0800. The first-order chi connectivity index (χ1) is 8.29. The van der Waals surface area contributed by atoms with Crippen molar-refractivity contribution < 1.29 is 9.47 Å². The minimum Gasteiger partial charge on any atom is -0.353 e. The van der Waals surface area contributed by atoms with Gasteiger partial charge in [0, 0.05) is 0 Å². The SMILES string of the molecule is CC(C)OCOC1CCCCCCCCCC1. The molecule has 102 valence electrons. The summed E-state index contributed by atoms with van der Waals surface area (Å²) in [5.74, 6) is 0. The van der Waals surface area contributed by atoms with Crippen molar-refractivity contribution in [1.29, 1.82) is 0 Å². The van der Waals surface area contributed by atoms with Crippen LogP contribution in [0.5, 0.6) is 0 Å². The Morgan fingerprint density at radius 3 is 1.76 bits per heavy atom. The van der Waals surface area contributed by atoms with Gasteiger partial charge in [0.2, 0.25) is 0 Å². The molecular formula is C15H30O2.